The lowest BCUT2D eigenvalue weighted by Gasteiger charge is -2.09. The second-order valence-electron chi connectivity index (χ2n) is 5.87. The maximum absolute atomic E-state index is 14.0. The van der Waals surface area contributed by atoms with Gasteiger partial charge in [0.25, 0.3) is 5.91 Å². The van der Waals surface area contributed by atoms with Crippen molar-refractivity contribution >= 4 is 45.8 Å². The van der Waals surface area contributed by atoms with E-state index in [2.05, 4.69) is 33.0 Å². The van der Waals surface area contributed by atoms with Crippen LogP contribution in [0.4, 0.5) is 10.1 Å². The predicted molar refractivity (Wildman–Crippen MR) is 109 cm³/mol. The van der Waals surface area contributed by atoms with Crippen molar-refractivity contribution in [3.05, 3.63) is 79.4 Å². The number of rotatable bonds is 4. The summed E-state index contributed by atoms with van der Waals surface area (Å²) in [5, 5.41) is 7.68. The van der Waals surface area contributed by atoms with Crippen molar-refractivity contribution in [2.75, 3.05) is 5.32 Å². The van der Waals surface area contributed by atoms with E-state index in [0.717, 1.165) is 9.26 Å². The Morgan fingerprint density at radius 1 is 1.27 bits per heavy atom. The average Bonchev–Trinajstić information content (AvgIpc) is 2.85. The Bertz CT molecular complexity index is 967. The molecule has 4 nitrogen and oxygen atoms in total. The van der Waals surface area contributed by atoms with E-state index in [4.69, 9.17) is 11.6 Å². The normalized spacial score (nSPS) is 10.8. The molecule has 0 saturated carbocycles. The molecular weight excluding hydrogens is 468 g/mol. The summed E-state index contributed by atoms with van der Waals surface area (Å²) in [6.07, 6.45) is 0. The number of hydrogen-bond donors (Lipinski definition) is 1. The van der Waals surface area contributed by atoms with Crippen LogP contribution < -0.4 is 5.32 Å². The van der Waals surface area contributed by atoms with E-state index in [1.807, 2.05) is 25.1 Å². The summed E-state index contributed by atoms with van der Waals surface area (Å²) < 4.78 is 16.7. The van der Waals surface area contributed by atoms with Gasteiger partial charge < -0.3 is 5.32 Å². The summed E-state index contributed by atoms with van der Waals surface area (Å²) in [6.45, 7) is 3.83. The fraction of sp³-hybridized carbons (Fsp3) is 0.158. The molecule has 3 rings (SSSR count). The van der Waals surface area contributed by atoms with Crippen LogP contribution in [0.1, 0.15) is 27.3 Å². The Labute approximate surface area is 169 Å². The molecular formula is C19H16ClFIN3O. The molecule has 0 unspecified atom stereocenters. The fourth-order valence-corrected chi connectivity index (χ4v) is 3.45. The van der Waals surface area contributed by atoms with E-state index in [1.165, 1.54) is 6.07 Å². The van der Waals surface area contributed by atoms with Crippen LogP contribution in [0.3, 0.4) is 0 Å². The van der Waals surface area contributed by atoms with Crippen molar-refractivity contribution < 1.29 is 9.18 Å². The third-order valence-corrected chi connectivity index (χ3v) is 5.10. The van der Waals surface area contributed by atoms with Crippen molar-refractivity contribution in [3.63, 3.8) is 0 Å². The van der Waals surface area contributed by atoms with Gasteiger partial charge in [0.1, 0.15) is 5.82 Å². The molecule has 0 saturated heterocycles. The van der Waals surface area contributed by atoms with E-state index < -0.39 is 0 Å². The number of aromatic nitrogens is 2. The van der Waals surface area contributed by atoms with Gasteiger partial charge >= 0.3 is 0 Å². The van der Waals surface area contributed by atoms with Crippen LogP contribution in [0, 0.1) is 23.2 Å². The van der Waals surface area contributed by atoms with Gasteiger partial charge in [0, 0.05) is 19.7 Å². The van der Waals surface area contributed by atoms with Gasteiger partial charge in [0.15, 0.2) is 0 Å². The first-order chi connectivity index (χ1) is 12.4. The smallest absolute Gasteiger partial charge is 0.255 e. The maximum atomic E-state index is 14.0. The van der Waals surface area contributed by atoms with E-state index in [-0.39, 0.29) is 18.3 Å². The molecule has 1 amide bonds. The minimum Gasteiger partial charge on any atom is -0.319 e. The molecule has 0 radical (unpaired) electrons. The second-order valence-corrected chi connectivity index (χ2v) is 7.52. The highest BCUT2D eigenvalue weighted by molar-refractivity contribution is 14.1. The van der Waals surface area contributed by atoms with Crippen LogP contribution >= 0.6 is 34.2 Å². The van der Waals surface area contributed by atoms with Crippen LogP contribution in [0.25, 0.3) is 0 Å². The molecule has 0 atom stereocenters. The van der Waals surface area contributed by atoms with Gasteiger partial charge in [-0.2, -0.15) is 5.10 Å². The van der Waals surface area contributed by atoms with Crippen molar-refractivity contribution in [3.8, 4) is 0 Å². The zero-order chi connectivity index (χ0) is 18.8. The third kappa shape index (κ3) is 3.91. The van der Waals surface area contributed by atoms with Crippen molar-refractivity contribution in [1.29, 1.82) is 0 Å². The molecule has 7 heteroatoms. The number of benzene rings is 2. The summed E-state index contributed by atoms with van der Waals surface area (Å²) in [5.74, 6) is -0.590. The summed E-state index contributed by atoms with van der Waals surface area (Å²) in [4.78, 5) is 12.5. The van der Waals surface area contributed by atoms with Crippen LogP contribution in [-0.2, 0) is 6.54 Å². The lowest BCUT2D eigenvalue weighted by Crippen LogP contribution is -2.13. The van der Waals surface area contributed by atoms with Crippen LogP contribution in [-0.4, -0.2) is 15.7 Å². The van der Waals surface area contributed by atoms with Gasteiger partial charge in [-0.05, 0) is 66.8 Å². The quantitative estimate of drug-likeness (QED) is 0.519. The molecule has 0 bridgehead atoms. The van der Waals surface area contributed by atoms with E-state index in [0.29, 0.717) is 27.5 Å². The molecule has 2 aromatic carbocycles. The fourth-order valence-electron chi connectivity index (χ4n) is 2.68. The Balaban J connectivity index is 1.88. The number of anilines is 1. The van der Waals surface area contributed by atoms with Crippen LogP contribution in [0.5, 0.6) is 0 Å². The monoisotopic (exact) mass is 483 g/mol. The first-order valence-electron chi connectivity index (χ1n) is 7.90. The summed E-state index contributed by atoms with van der Waals surface area (Å²) in [5.41, 5.74) is 2.96. The number of nitrogens with one attached hydrogen (secondary N) is 1. The third-order valence-electron chi connectivity index (χ3n) is 4.08. The number of carbonyl (C=O) groups excluding carboxylic acids is 1. The zero-order valence-electron chi connectivity index (χ0n) is 14.2. The molecule has 0 aliphatic heterocycles. The highest BCUT2D eigenvalue weighted by atomic mass is 127. The predicted octanol–water partition coefficient (Wildman–Crippen LogP) is 5.20. The average molecular weight is 484 g/mol. The molecule has 0 fully saturated rings. The lowest BCUT2D eigenvalue weighted by atomic mass is 10.2. The van der Waals surface area contributed by atoms with Gasteiger partial charge in [-0.15, -0.1) is 0 Å². The highest BCUT2D eigenvalue weighted by Crippen LogP contribution is 2.25. The van der Waals surface area contributed by atoms with Crippen LogP contribution in [0.15, 0.2) is 42.5 Å². The molecule has 0 aliphatic rings. The molecule has 0 aliphatic carbocycles. The standard InChI is InChI=1S/C19H16ClFIN3O/c1-11-18(23-19(26)13-5-3-6-14(22)9-13)12(2)25(24-11)10-15-16(20)7-4-8-17(15)21/h3-9H,10H2,1-2H3,(H,23,26). The van der Waals surface area contributed by atoms with Crippen molar-refractivity contribution in [2.45, 2.75) is 20.4 Å². The summed E-state index contributed by atoms with van der Waals surface area (Å²) in [6, 6.07) is 11.9. The van der Waals surface area contributed by atoms with E-state index in [9.17, 15) is 9.18 Å². The minimum atomic E-state index is -0.380. The number of amides is 1. The van der Waals surface area contributed by atoms with E-state index in [1.54, 1.807) is 29.8 Å². The van der Waals surface area contributed by atoms with Gasteiger partial charge in [-0.25, -0.2) is 4.39 Å². The van der Waals surface area contributed by atoms with Crippen molar-refractivity contribution in [2.24, 2.45) is 0 Å². The number of aryl methyl sites for hydroxylation is 1. The Kier molecular flexibility index (Phi) is 5.62. The van der Waals surface area contributed by atoms with Gasteiger partial charge in [0.05, 0.1) is 23.6 Å². The Morgan fingerprint density at radius 2 is 2.00 bits per heavy atom. The molecule has 0 spiro atoms. The zero-order valence-corrected chi connectivity index (χ0v) is 17.1. The first kappa shape index (κ1) is 18.8. The Morgan fingerprint density at radius 3 is 2.69 bits per heavy atom. The number of nitrogens with zero attached hydrogens (tertiary/aromatic N) is 2. The first-order valence-corrected chi connectivity index (χ1v) is 9.36. The molecule has 1 aromatic heterocycles. The second kappa shape index (κ2) is 7.75. The highest BCUT2D eigenvalue weighted by Gasteiger charge is 2.17. The van der Waals surface area contributed by atoms with Gasteiger partial charge in [0.2, 0.25) is 0 Å². The SMILES string of the molecule is Cc1nn(Cc2c(F)cccc2Cl)c(C)c1NC(=O)c1cccc(I)c1. The van der Waals surface area contributed by atoms with E-state index >= 15 is 0 Å². The van der Waals surface area contributed by atoms with Crippen LogP contribution in [0.2, 0.25) is 5.02 Å². The van der Waals surface area contributed by atoms with Gasteiger partial charge in [-0.3, -0.25) is 9.48 Å². The number of carbonyl (C=O) groups is 1. The summed E-state index contributed by atoms with van der Waals surface area (Å²) >= 11 is 8.27. The Hall–Kier alpha value is -1.93. The molecule has 1 N–H and O–H groups in total. The maximum Gasteiger partial charge on any atom is 0.255 e. The molecule has 3 aromatic rings. The molecule has 26 heavy (non-hydrogen) atoms. The number of hydrogen-bond acceptors (Lipinski definition) is 2. The van der Waals surface area contributed by atoms with Gasteiger partial charge in [-0.1, -0.05) is 23.7 Å². The molecule has 134 valence electrons. The lowest BCUT2D eigenvalue weighted by molar-refractivity contribution is 0.102. The minimum absolute atomic E-state index is 0.192. The van der Waals surface area contributed by atoms with Crippen molar-refractivity contribution in [1.82, 2.24) is 9.78 Å². The largest absolute Gasteiger partial charge is 0.319 e. The topological polar surface area (TPSA) is 46.9 Å². The molecule has 1 heterocycles. The summed E-state index contributed by atoms with van der Waals surface area (Å²) in [7, 11) is 0. The number of halogens is 3.